The Morgan fingerprint density at radius 1 is 1.27 bits per heavy atom. The minimum Gasteiger partial charge on any atom is -0.350 e. The second-order valence-electron chi connectivity index (χ2n) is 8.80. The number of nitrogens with zero attached hydrogens (tertiary/aromatic N) is 2. The topological polar surface area (TPSA) is 132 Å². The van der Waals surface area contributed by atoms with Gasteiger partial charge in [-0.15, -0.1) is 11.6 Å². The number of amides is 1. The van der Waals surface area contributed by atoms with Crippen molar-refractivity contribution in [2.45, 2.75) is 47.6 Å². The summed E-state index contributed by atoms with van der Waals surface area (Å²) >= 11 is 6.61. The standard InChI is InChI=1S/C17H31ClFN7O3S/c1-30(28,29)10-2-3-25(8-10)14-11(18)5-21-6-12(14)23-17(27)13-15(20)24-26-7-9(19)4-22-16(13)26/h9-16,21-22,24H,2-8,20H2,1H3,(H,23,27). The van der Waals surface area contributed by atoms with Gasteiger partial charge < -0.3 is 16.4 Å². The molecule has 13 heteroatoms. The van der Waals surface area contributed by atoms with Gasteiger partial charge in [0, 0.05) is 45.0 Å². The number of hydrogen-bond donors (Lipinski definition) is 5. The van der Waals surface area contributed by atoms with Crippen LogP contribution in [0.3, 0.4) is 0 Å². The zero-order valence-corrected chi connectivity index (χ0v) is 18.5. The maximum absolute atomic E-state index is 13.7. The van der Waals surface area contributed by atoms with Crippen LogP contribution in [0, 0.1) is 5.92 Å². The maximum atomic E-state index is 13.7. The largest absolute Gasteiger partial charge is 0.350 e. The Kier molecular flexibility index (Phi) is 6.58. The average Bonchev–Trinajstić information content (AvgIpc) is 3.25. The lowest BCUT2D eigenvalue weighted by atomic mass is 9.96. The molecule has 8 atom stereocenters. The van der Waals surface area contributed by atoms with Gasteiger partial charge in [0.1, 0.15) is 6.17 Å². The molecule has 0 radical (unpaired) electrons. The van der Waals surface area contributed by atoms with E-state index in [-0.39, 0.29) is 42.6 Å². The van der Waals surface area contributed by atoms with Gasteiger partial charge in [0.25, 0.3) is 0 Å². The van der Waals surface area contributed by atoms with Crippen LogP contribution in [0.1, 0.15) is 6.42 Å². The van der Waals surface area contributed by atoms with Crippen LogP contribution in [-0.4, -0.2) is 111 Å². The zero-order valence-electron chi connectivity index (χ0n) is 16.9. The van der Waals surface area contributed by atoms with Crippen molar-refractivity contribution < 1.29 is 17.6 Å². The maximum Gasteiger partial charge on any atom is 0.229 e. The summed E-state index contributed by atoms with van der Waals surface area (Å²) in [6, 6.07) is -0.467. The van der Waals surface area contributed by atoms with E-state index in [0.29, 0.717) is 32.6 Å². The minimum absolute atomic E-state index is 0.174. The monoisotopic (exact) mass is 467 g/mol. The number of carbonyl (C=O) groups excluding carboxylic acids is 1. The number of fused-ring (bicyclic) bond motifs is 1. The first-order chi connectivity index (χ1) is 14.1. The van der Waals surface area contributed by atoms with Gasteiger partial charge >= 0.3 is 0 Å². The van der Waals surface area contributed by atoms with E-state index in [0.717, 1.165) is 0 Å². The Labute approximate surface area is 181 Å². The number of likely N-dealkylation sites (tertiary alicyclic amines) is 1. The molecule has 0 aromatic heterocycles. The molecule has 0 spiro atoms. The normalized spacial score (nSPS) is 43.5. The van der Waals surface area contributed by atoms with E-state index in [4.69, 9.17) is 17.3 Å². The number of piperidine rings is 1. The SMILES string of the molecule is CS(=O)(=O)C1CCN(C2C(Cl)CNCC2NC(=O)C2C(N)NN3CC(F)CNC23)C1. The molecule has 172 valence electrons. The van der Waals surface area contributed by atoms with Crippen LogP contribution in [-0.2, 0) is 14.6 Å². The highest BCUT2D eigenvalue weighted by atomic mass is 35.5. The van der Waals surface area contributed by atoms with Crippen molar-refractivity contribution in [3.8, 4) is 0 Å². The number of halogens is 2. The van der Waals surface area contributed by atoms with Gasteiger partial charge in [-0.25, -0.2) is 23.2 Å². The highest BCUT2D eigenvalue weighted by Gasteiger charge is 2.49. The highest BCUT2D eigenvalue weighted by molar-refractivity contribution is 7.91. The molecular formula is C17H31ClFN7O3S. The van der Waals surface area contributed by atoms with Crippen LogP contribution in [0.2, 0.25) is 0 Å². The second kappa shape index (κ2) is 8.74. The number of alkyl halides is 2. The molecule has 4 rings (SSSR count). The van der Waals surface area contributed by atoms with E-state index in [9.17, 15) is 17.6 Å². The fourth-order valence-corrected chi connectivity index (χ4v) is 6.56. The van der Waals surface area contributed by atoms with Crippen molar-refractivity contribution in [3.63, 3.8) is 0 Å². The fourth-order valence-electron chi connectivity index (χ4n) is 5.12. The molecule has 0 aliphatic carbocycles. The molecule has 1 amide bonds. The zero-order chi connectivity index (χ0) is 21.6. The van der Waals surface area contributed by atoms with Crippen molar-refractivity contribution in [2.24, 2.45) is 11.7 Å². The molecule has 0 saturated carbocycles. The van der Waals surface area contributed by atoms with E-state index < -0.39 is 33.3 Å². The number of hydrogen-bond acceptors (Lipinski definition) is 9. The van der Waals surface area contributed by atoms with Gasteiger partial charge in [-0.3, -0.25) is 15.0 Å². The van der Waals surface area contributed by atoms with Gasteiger partial charge in [0.15, 0.2) is 9.84 Å². The van der Waals surface area contributed by atoms with E-state index in [1.165, 1.54) is 6.26 Å². The molecule has 10 nitrogen and oxygen atoms in total. The number of nitrogens with one attached hydrogen (secondary N) is 4. The number of nitrogens with two attached hydrogens (primary N) is 1. The molecule has 4 heterocycles. The second-order valence-corrected chi connectivity index (χ2v) is 11.7. The van der Waals surface area contributed by atoms with E-state index >= 15 is 0 Å². The molecule has 0 bridgehead atoms. The van der Waals surface area contributed by atoms with Crippen LogP contribution in [0.25, 0.3) is 0 Å². The number of hydrazine groups is 1. The molecule has 30 heavy (non-hydrogen) atoms. The molecule has 0 aromatic rings. The van der Waals surface area contributed by atoms with Gasteiger partial charge in [-0.2, -0.15) is 0 Å². The molecule has 4 saturated heterocycles. The van der Waals surface area contributed by atoms with Gasteiger partial charge in [0.2, 0.25) is 5.91 Å². The molecule has 4 fully saturated rings. The quantitative estimate of drug-likeness (QED) is 0.277. The molecular weight excluding hydrogens is 437 g/mol. The first kappa shape index (κ1) is 22.6. The van der Waals surface area contributed by atoms with Crippen LogP contribution in [0.5, 0.6) is 0 Å². The summed E-state index contributed by atoms with van der Waals surface area (Å²) in [5, 5.41) is 10.4. The Bertz CT molecular complexity index is 762. The first-order valence-electron chi connectivity index (χ1n) is 10.4. The summed E-state index contributed by atoms with van der Waals surface area (Å²) in [6.45, 7) is 2.50. The fraction of sp³-hybridized carbons (Fsp3) is 0.941. The summed E-state index contributed by atoms with van der Waals surface area (Å²) in [5.41, 5.74) is 9.13. The highest BCUT2D eigenvalue weighted by Crippen LogP contribution is 2.27. The van der Waals surface area contributed by atoms with Gasteiger partial charge in [-0.1, -0.05) is 0 Å². The van der Waals surface area contributed by atoms with Crippen molar-refractivity contribution in [3.05, 3.63) is 0 Å². The van der Waals surface area contributed by atoms with Gasteiger partial charge in [0.05, 0.1) is 34.9 Å². The molecule has 4 aliphatic rings. The predicted octanol–water partition coefficient (Wildman–Crippen LogP) is -2.84. The number of carbonyl (C=O) groups is 1. The van der Waals surface area contributed by atoms with Crippen LogP contribution < -0.4 is 27.1 Å². The average molecular weight is 468 g/mol. The van der Waals surface area contributed by atoms with Crippen molar-refractivity contribution in [1.82, 2.24) is 31.3 Å². The summed E-state index contributed by atoms with van der Waals surface area (Å²) in [5.74, 6) is -0.815. The Hall–Kier alpha value is -0.600. The van der Waals surface area contributed by atoms with E-state index in [1.54, 1.807) is 5.01 Å². The van der Waals surface area contributed by atoms with Crippen LogP contribution >= 0.6 is 11.6 Å². The Morgan fingerprint density at radius 3 is 2.73 bits per heavy atom. The van der Waals surface area contributed by atoms with Crippen LogP contribution in [0.4, 0.5) is 4.39 Å². The van der Waals surface area contributed by atoms with Crippen molar-refractivity contribution in [1.29, 1.82) is 0 Å². The summed E-state index contributed by atoms with van der Waals surface area (Å²) < 4.78 is 37.6. The smallest absolute Gasteiger partial charge is 0.229 e. The third-order valence-electron chi connectivity index (χ3n) is 6.64. The predicted molar refractivity (Wildman–Crippen MR) is 111 cm³/mol. The van der Waals surface area contributed by atoms with Crippen LogP contribution in [0.15, 0.2) is 0 Å². The van der Waals surface area contributed by atoms with E-state index in [2.05, 4.69) is 26.3 Å². The first-order valence-corrected chi connectivity index (χ1v) is 12.8. The molecule has 8 unspecified atom stereocenters. The lowest BCUT2D eigenvalue weighted by Gasteiger charge is -2.42. The lowest BCUT2D eigenvalue weighted by Crippen LogP contribution is -2.66. The summed E-state index contributed by atoms with van der Waals surface area (Å²) in [6.07, 6.45) is -0.202. The number of rotatable bonds is 4. The Morgan fingerprint density at radius 2 is 2.03 bits per heavy atom. The molecule has 0 aromatic carbocycles. The van der Waals surface area contributed by atoms with Gasteiger partial charge in [-0.05, 0) is 13.0 Å². The third kappa shape index (κ3) is 4.46. The molecule has 6 N–H and O–H groups in total. The van der Waals surface area contributed by atoms with Crippen molar-refractivity contribution >= 4 is 27.3 Å². The lowest BCUT2D eigenvalue weighted by molar-refractivity contribution is -0.128. The molecule has 4 aliphatic heterocycles. The Balaban J connectivity index is 1.45. The number of sulfone groups is 1. The minimum atomic E-state index is -3.13. The summed E-state index contributed by atoms with van der Waals surface area (Å²) in [7, 11) is -3.13. The third-order valence-corrected chi connectivity index (χ3v) is 8.65. The van der Waals surface area contributed by atoms with E-state index in [1.807, 2.05) is 0 Å². The van der Waals surface area contributed by atoms with Crippen molar-refractivity contribution in [2.75, 3.05) is 45.5 Å². The summed E-state index contributed by atoms with van der Waals surface area (Å²) in [4.78, 5) is 15.3.